The largest absolute Gasteiger partial charge is 0.497 e. The molecule has 0 atom stereocenters. The van der Waals surface area contributed by atoms with E-state index in [0.717, 1.165) is 30.0 Å². The van der Waals surface area contributed by atoms with Crippen molar-refractivity contribution in [2.45, 2.75) is 26.2 Å². The quantitative estimate of drug-likeness (QED) is 0.618. The SMILES string of the molecule is COc1ccc(NC(=O)c2cn(C)nc2CC2CCN(C(=O)c3cn[nH]c3C)CC2)cc1. The summed E-state index contributed by atoms with van der Waals surface area (Å²) in [5.74, 6) is 0.943. The Morgan fingerprint density at radius 2 is 1.91 bits per heavy atom. The number of aromatic nitrogens is 4. The Balaban J connectivity index is 1.37. The summed E-state index contributed by atoms with van der Waals surface area (Å²) in [6.45, 7) is 3.23. The molecule has 4 rings (SSSR count). The lowest BCUT2D eigenvalue weighted by atomic mass is 9.91. The van der Waals surface area contributed by atoms with Crippen molar-refractivity contribution in [3.63, 3.8) is 0 Å². The number of methoxy groups -OCH3 is 1. The third-order valence-electron chi connectivity index (χ3n) is 5.94. The van der Waals surface area contributed by atoms with Crippen LogP contribution in [0.2, 0.25) is 0 Å². The van der Waals surface area contributed by atoms with Crippen LogP contribution in [0.5, 0.6) is 5.75 Å². The van der Waals surface area contributed by atoms with Gasteiger partial charge in [-0.15, -0.1) is 0 Å². The molecule has 0 bridgehead atoms. The summed E-state index contributed by atoms with van der Waals surface area (Å²) in [6, 6.07) is 7.22. The second kappa shape index (κ2) is 9.25. The van der Waals surface area contributed by atoms with Crippen LogP contribution in [0.4, 0.5) is 5.69 Å². The maximum atomic E-state index is 12.9. The first-order valence-corrected chi connectivity index (χ1v) is 10.7. The van der Waals surface area contributed by atoms with Crippen molar-refractivity contribution in [2.75, 3.05) is 25.5 Å². The molecule has 0 aliphatic carbocycles. The number of likely N-dealkylation sites (tertiary alicyclic amines) is 1. The zero-order valence-electron chi connectivity index (χ0n) is 18.6. The molecular formula is C23H28N6O3. The number of anilines is 1. The van der Waals surface area contributed by atoms with E-state index in [4.69, 9.17) is 4.74 Å². The zero-order chi connectivity index (χ0) is 22.7. The first-order valence-electron chi connectivity index (χ1n) is 10.7. The van der Waals surface area contributed by atoms with Crippen molar-refractivity contribution >= 4 is 17.5 Å². The third kappa shape index (κ3) is 4.66. The minimum absolute atomic E-state index is 0.0205. The summed E-state index contributed by atoms with van der Waals surface area (Å²) in [7, 11) is 3.43. The fraction of sp³-hybridized carbons (Fsp3) is 0.391. The predicted molar refractivity (Wildman–Crippen MR) is 120 cm³/mol. The van der Waals surface area contributed by atoms with Gasteiger partial charge >= 0.3 is 0 Å². The van der Waals surface area contributed by atoms with Crippen LogP contribution in [0.15, 0.2) is 36.7 Å². The third-order valence-corrected chi connectivity index (χ3v) is 5.94. The number of hydrogen-bond donors (Lipinski definition) is 2. The Labute approximate surface area is 186 Å². The van der Waals surface area contributed by atoms with Crippen molar-refractivity contribution in [1.29, 1.82) is 0 Å². The average Bonchev–Trinajstić information content (AvgIpc) is 3.39. The van der Waals surface area contributed by atoms with Gasteiger partial charge in [0.1, 0.15) is 5.75 Å². The molecule has 9 heteroatoms. The van der Waals surface area contributed by atoms with Crippen LogP contribution in [0.25, 0.3) is 0 Å². The number of ether oxygens (including phenoxy) is 1. The first-order chi connectivity index (χ1) is 15.4. The fourth-order valence-corrected chi connectivity index (χ4v) is 4.10. The zero-order valence-corrected chi connectivity index (χ0v) is 18.6. The van der Waals surface area contributed by atoms with Crippen LogP contribution in [-0.4, -0.2) is 56.9 Å². The summed E-state index contributed by atoms with van der Waals surface area (Å²) >= 11 is 0. The maximum absolute atomic E-state index is 12.9. The van der Waals surface area contributed by atoms with Gasteiger partial charge in [-0.1, -0.05) is 0 Å². The second-order valence-corrected chi connectivity index (χ2v) is 8.19. The molecule has 1 saturated heterocycles. The van der Waals surface area contributed by atoms with Gasteiger partial charge in [0.25, 0.3) is 11.8 Å². The molecule has 32 heavy (non-hydrogen) atoms. The van der Waals surface area contributed by atoms with Gasteiger partial charge in [-0.05, 0) is 56.4 Å². The van der Waals surface area contributed by atoms with Gasteiger partial charge in [-0.3, -0.25) is 19.4 Å². The van der Waals surface area contributed by atoms with Crippen LogP contribution >= 0.6 is 0 Å². The van der Waals surface area contributed by atoms with E-state index in [1.807, 2.05) is 18.9 Å². The molecule has 2 amide bonds. The van der Waals surface area contributed by atoms with Crippen LogP contribution < -0.4 is 10.1 Å². The first kappa shape index (κ1) is 21.6. The lowest BCUT2D eigenvalue weighted by Crippen LogP contribution is -2.39. The molecule has 1 aliphatic heterocycles. The van der Waals surface area contributed by atoms with Gasteiger partial charge in [0.05, 0.1) is 30.1 Å². The number of amides is 2. The minimum Gasteiger partial charge on any atom is -0.497 e. The van der Waals surface area contributed by atoms with Gasteiger partial charge in [-0.2, -0.15) is 10.2 Å². The number of aryl methyl sites for hydroxylation is 2. The molecule has 1 aromatic carbocycles. The number of piperidine rings is 1. The Morgan fingerprint density at radius 1 is 1.19 bits per heavy atom. The number of carbonyl (C=O) groups is 2. The lowest BCUT2D eigenvalue weighted by molar-refractivity contribution is 0.0689. The number of H-pyrrole nitrogens is 1. The van der Waals surface area contributed by atoms with E-state index in [1.54, 1.807) is 48.5 Å². The van der Waals surface area contributed by atoms with E-state index in [1.165, 1.54) is 0 Å². The van der Waals surface area contributed by atoms with Crippen LogP contribution in [0.3, 0.4) is 0 Å². The van der Waals surface area contributed by atoms with Crippen molar-refractivity contribution < 1.29 is 14.3 Å². The van der Waals surface area contributed by atoms with E-state index in [2.05, 4.69) is 20.6 Å². The highest BCUT2D eigenvalue weighted by atomic mass is 16.5. The van der Waals surface area contributed by atoms with Crippen molar-refractivity contribution in [3.05, 3.63) is 59.2 Å². The normalized spacial score (nSPS) is 14.4. The van der Waals surface area contributed by atoms with Crippen molar-refractivity contribution in [3.8, 4) is 5.75 Å². The number of benzene rings is 1. The van der Waals surface area contributed by atoms with E-state index in [0.29, 0.717) is 42.2 Å². The summed E-state index contributed by atoms with van der Waals surface area (Å²) in [4.78, 5) is 27.5. The topological polar surface area (TPSA) is 105 Å². The highest BCUT2D eigenvalue weighted by Crippen LogP contribution is 2.25. The molecular weight excluding hydrogens is 408 g/mol. The highest BCUT2D eigenvalue weighted by molar-refractivity contribution is 6.05. The number of hydrogen-bond acceptors (Lipinski definition) is 5. The molecule has 0 saturated carbocycles. The maximum Gasteiger partial charge on any atom is 0.259 e. The fourth-order valence-electron chi connectivity index (χ4n) is 4.10. The number of rotatable bonds is 6. The summed E-state index contributed by atoms with van der Waals surface area (Å²) in [5.41, 5.74) is 3.49. The van der Waals surface area contributed by atoms with E-state index in [9.17, 15) is 9.59 Å². The number of nitrogens with one attached hydrogen (secondary N) is 2. The molecule has 2 N–H and O–H groups in total. The number of aromatic amines is 1. The Hall–Kier alpha value is -3.62. The van der Waals surface area contributed by atoms with Crippen LogP contribution in [0.1, 0.15) is 44.9 Å². The van der Waals surface area contributed by atoms with Gasteiger partial charge in [-0.25, -0.2) is 0 Å². The average molecular weight is 437 g/mol. The molecule has 1 aliphatic rings. The standard InChI is InChI=1S/C23H28N6O3/c1-15-19(13-24-26-15)23(31)29-10-8-16(9-11-29)12-21-20(14-28(2)27-21)22(30)25-17-4-6-18(32-3)7-5-17/h4-7,13-14,16H,8-12H2,1-3H3,(H,24,26)(H,25,30). The van der Waals surface area contributed by atoms with Crippen LogP contribution in [0, 0.1) is 12.8 Å². The second-order valence-electron chi connectivity index (χ2n) is 8.19. The van der Waals surface area contributed by atoms with Gasteiger partial charge in [0, 0.05) is 37.7 Å². The molecule has 3 heterocycles. The minimum atomic E-state index is -0.179. The number of carbonyl (C=O) groups excluding carboxylic acids is 2. The monoisotopic (exact) mass is 436 g/mol. The predicted octanol–water partition coefficient (Wildman–Crippen LogP) is 2.81. The summed E-state index contributed by atoms with van der Waals surface area (Å²) in [5, 5.41) is 14.2. The summed E-state index contributed by atoms with van der Waals surface area (Å²) < 4.78 is 6.84. The van der Waals surface area contributed by atoms with Gasteiger partial charge < -0.3 is 15.0 Å². The summed E-state index contributed by atoms with van der Waals surface area (Å²) in [6.07, 6.45) is 5.80. The number of nitrogens with zero attached hydrogens (tertiary/aromatic N) is 4. The van der Waals surface area contributed by atoms with Gasteiger partial charge in [0.15, 0.2) is 0 Å². The molecule has 9 nitrogen and oxygen atoms in total. The molecule has 1 fully saturated rings. The van der Waals surface area contributed by atoms with Crippen molar-refractivity contribution in [1.82, 2.24) is 24.9 Å². The molecule has 0 radical (unpaired) electrons. The smallest absolute Gasteiger partial charge is 0.259 e. The molecule has 3 aromatic rings. The van der Waals surface area contributed by atoms with Crippen molar-refractivity contribution in [2.24, 2.45) is 13.0 Å². The lowest BCUT2D eigenvalue weighted by Gasteiger charge is -2.31. The Morgan fingerprint density at radius 3 is 2.53 bits per heavy atom. The molecule has 0 spiro atoms. The van der Waals surface area contributed by atoms with E-state index in [-0.39, 0.29) is 11.8 Å². The molecule has 0 unspecified atom stereocenters. The van der Waals surface area contributed by atoms with Gasteiger partial charge in [0.2, 0.25) is 0 Å². The van der Waals surface area contributed by atoms with E-state index < -0.39 is 0 Å². The highest BCUT2D eigenvalue weighted by Gasteiger charge is 2.27. The Bertz CT molecular complexity index is 1090. The Kier molecular flexibility index (Phi) is 6.25. The van der Waals surface area contributed by atoms with Crippen LogP contribution in [-0.2, 0) is 13.5 Å². The van der Waals surface area contributed by atoms with E-state index >= 15 is 0 Å². The molecule has 168 valence electrons. The molecule has 2 aromatic heterocycles.